The molecule has 0 bridgehead atoms. The molecular weight excluding hydrogens is 737 g/mol. The summed E-state index contributed by atoms with van der Waals surface area (Å²) in [6, 6.07) is 62.8. The molecule has 0 saturated heterocycles. The molecule has 0 N–H and O–H groups in total. The van der Waals surface area contributed by atoms with Crippen molar-refractivity contribution in [2.75, 3.05) is 14.7 Å². The molecule has 61 heavy (non-hydrogen) atoms. The van der Waals surface area contributed by atoms with E-state index in [9.17, 15) is 0 Å². The number of para-hydroxylation sites is 3. The predicted octanol–water partition coefficient (Wildman–Crippen LogP) is 13.1. The van der Waals surface area contributed by atoms with E-state index < -0.39 is 0 Å². The van der Waals surface area contributed by atoms with Gasteiger partial charge >= 0.3 is 0 Å². The zero-order chi connectivity index (χ0) is 41.9. The Morgan fingerprint density at radius 1 is 0.459 bits per heavy atom. The van der Waals surface area contributed by atoms with Gasteiger partial charge in [0.1, 0.15) is 0 Å². The minimum atomic E-state index is -0.156. The van der Waals surface area contributed by atoms with E-state index in [1.165, 1.54) is 97.0 Å². The fraction of sp³-hybridized carbons (Fsp3) is 0.263. The lowest BCUT2D eigenvalue weighted by Crippen LogP contribution is -2.61. The number of rotatable bonds is 4. The second kappa shape index (κ2) is 13.5. The summed E-state index contributed by atoms with van der Waals surface area (Å²) in [6.45, 7) is 16.6. The summed E-state index contributed by atoms with van der Waals surface area (Å²) in [6.07, 6.45) is 4.71. The van der Waals surface area contributed by atoms with Crippen LogP contribution in [0.4, 0.5) is 45.5 Å². The molecule has 1 fully saturated rings. The van der Waals surface area contributed by atoms with E-state index in [1.807, 2.05) is 0 Å². The predicted molar refractivity (Wildman–Crippen MR) is 261 cm³/mol. The summed E-state index contributed by atoms with van der Waals surface area (Å²) in [7, 11) is 0. The number of anilines is 8. The fourth-order valence-corrected chi connectivity index (χ4v) is 11.9. The van der Waals surface area contributed by atoms with Crippen molar-refractivity contribution in [2.24, 2.45) is 0 Å². The Kier molecular flexibility index (Phi) is 8.40. The Bertz CT molecular complexity index is 2820. The fourth-order valence-electron chi connectivity index (χ4n) is 11.9. The number of hydrogen-bond acceptors (Lipinski definition) is 3. The molecular formula is C57H56BN3. The van der Waals surface area contributed by atoms with E-state index in [4.69, 9.17) is 0 Å². The van der Waals surface area contributed by atoms with Crippen molar-refractivity contribution in [3.8, 4) is 0 Å². The Morgan fingerprint density at radius 2 is 1.00 bits per heavy atom. The third-order valence-electron chi connectivity index (χ3n) is 14.8. The standard InChI is InChI=1S/C57H56BN3/c1-54(2,3)39-28-30-43(31-29-39)60-50-38-44(61-48-26-16-14-24-45(48)57(40-20-10-8-11-21-40)35-19-18-34-56(57,61)7)32-33-47(50)58-46-25-15-17-27-49(46)59(42-22-12-9-13-23-42)51-36-41(55(4,5)6)37-52(60)53(51)58/h8-17,20-33,36-38H,18-19,34-35H2,1-7H3. The molecule has 0 amide bonds. The van der Waals surface area contributed by atoms with Gasteiger partial charge < -0.3 is 14.7 Å². The topological polar surface area (TPSA) is 9.72 Å². The van der Waals surface area contributed by atoms with Crippen molar-refractivity contribution in [2.45, 2.75) is 95.9 Å². The van der Waals surface area contributed by atoms with Gasteiger partial charge in [-0.2, -0.15) is 0 Å². The number of benzene rings is 7. The van der Waals surface area contributed by atoms with E-state index in [1.54, 1.807) is 0 Å². The molecule has 0 spiro atoms. The monoisotopic (exact) mass is 793 g/mol. The van der Waals surface area contributed by atoms with Crippen LogP contribution >= 0.6 is 0 Å². The molecule has 11 rings (SSSR count). The highest BCUT2D eigenvalue weighted by Crippen LogP contribution is 2.64. The first kappa shape index (κ1) is 38.0. The van der Waals surface area contributed by atoms with Crippen LogP contribution in [-0.2, 0) is 16.2 Å². The maximum atomic E-state index is 2.76. The van der Waals surface area contributed by atoms with Gasteiger partial charge in [-0.15, -0.1) is 0 Å². The van der Waals surface area contributed by atoms with Crippen LogP contribution in [0.2, 0.25) is 0 Å². The zero-order valence-electron chi connectivity index (χ0n) is 36.8. The van der Waals surface area contributed by atoms with Gasteiger partial charge in [0.25, 0.3) is 6.71 Å². The molecule has 2 atom stereocenters. The maximum absolute atomic E-state index is 2.76. The maximum Gasteiger partial charge on any atom is 0.252 e. The van der Waals surface area contributed by atoms with Crippen molar-refractivity contribution in [1.82, 2.24) is 0 Å². The van der Waals surface area contributed by atoms with E-state index in [0.29, 0.717) is 0 Å². The highest BCUT2D eigenvalue weighted by molar-refractivity contribution is 7.00. The van der Waals surface area contributed by atoms with E-state index >= 15 is 0 Å². The summed E-state index contributed by atoms with van der Waals surface area (Å²) in [4.78, 5) is 7.89. The number of nitrogens with zero attached hydrogens (tertiary/aromatic N) is 3. The Balaban J connectivity index is 1.20. The minimum absolute atomic E-state index is 0.0473. The quantitative estimate of drug-likeness (QED) is 0.164. The molecule has 3 nitrogen and oxygen atoms in total. The largest absolute Gasteiger partial charge is 0.334 e. The van der Waals surface area contributed by atoms with Gasteiger partial charge in [0.05, 0.1) is 5.54 Å². The van der Waals surface area contributed by atoms with Gasteiger partial charge in [-0.05, 0) is 130 Å². The Morgan fingerprint density at radius 3 is 1.69 bits per heavy atom. The van der Waals surface area contributed by atoms with E-state index in [2.05, 4.69) is 227 Å². The molecule has 4 heteroatoms. The van der Waals surface area contributed by atoms with Crippen molar-refractivity contribution in [3.05, 3.63) is 186 Å². The first-order valence-corrected chi connectivity index (χ1v) is 22.5. The van der Waals surface area contributed by atoms with Gasteiger partial charge in [0.15, 0.2) is 0 Å². The van der Waals surface area contributed by atoms with Gasteiger partial charge in [0.2, 0.25) is 0 Å². The van der Waals surface area contributed by atoms with Crippen molar-refractivity contribution >= 4 is 68.6 Å². The van der Waals surface area contributed by atoms with Gasteiger partial charge in [-0.3, -0.25) is 0 Å². The van der Waals surface area contributed by atoms with Crippen molar-refractivity contribution in [1.29, 1.82) is 0 Å². The number of hydrogen-bond donors (Lipinski definition) is 0. The molecule has 7 aromatic rings. The lowest BCUT2D eigenvalue weighted by molar-refractivity contribution is 0.215. The van der Waals surface area contributed by atoms with Crippen LogP contribution in [0, 0.1) is 0 Å². The summed E-state index contributed by atoms with van der Waals surface area (Å²) >= 11 is 0. The van der Waals surface area contributed by atoms with Crippen molar-refractivity contribution in [3.63, 3.8) is 0 Å². The lowest BCUT2D eigenvalue weighted by atomic mass is 9.33. The van der Waals surface area contributed by atoms with Crippen molar-refractivity contribution < 1.29 is 0 Å². The molecule has 3 heterocycles. The van der Waals surface area contributed by atoms with Gasteiger partial charge in [0, 0.05) is 50.9 Å². The van der Waals surface area contributed by atoms with Gasteiger partial charge in [-0.25, -0.2) is 0 Å². The average Bonchev–Trinajstić information content (AvgIpc) is 3.51. The zero-order valence-corrected chi connectivity index (χ0v) is 36.8. The minimum Gasteiger partial charge on any atom is -0.334 e. The second-order valence-electron chi connectivity index (χ2n) is 20.3. The summed E-state index contributed by atoms with van der Waals surface area (Å²) in [5, 5.41) is 0. The number of fused-ring (bicyclic) bond motifs is 7. The third-order valence-corrected chi connectivity index (χ3v) is 14.8. The van der Waals surface area contributed by atoms with Crippen LogP contribution < -0.4 is 31.1 Å². The van der Waals surface area contributed by atoms with Crippen LogP contribution in [0.15, 0.2) is 164 Å². The molecule has 2 unspecified atom stereocenters. The van der Waals surface area contributed by atoms with Crippen LogP contribution in [-0.4, -0.2) is 12.3 Å². The van der Waals surface area contributed by atoms with Crippen LogP contribution in [0.25, 0.3) is 0 Å². The van der Waals surface area contributed by atoms with Crippen LogP contribution in [0.3, 0.4) is 0 Å². The highest BCUT2D eigenvalue weighted by atomic mass is 15.3. The van der Waals surface area contributed by atoms with Gasteiger partial charge in [-0.1, -0.05) is 158 Å². The lowest BCUT2D eigenvalue weighted by Gasteiger charge is -2.52. The molecule has 7 aromatic carbocycles. The molecule has 0 aromatic heterocycles. The molecule has 4 aliphatic rings. The first-order chi connectivity index (χ1) is 29.4. The normalized spacial score (nSPS) is 20.1. The molecule has 1 saturated carbocycles. The van der Waals surface area contributed by atoms with Crippen LogP contribution in [0.1, 0.15) is 96.4 Å². The van der Waals surface area contributed by atoms with Crippen LogP contribution in [0.5, 0.6) is 0 Å². The average molecular weight is 794 g/mol. The Hall–Kier alpha value is -6.00. The second-order valence-corrected chi connectivity index (χ2v) is 20.3. The van der Waals surface area contributed by atoms with E-state index in [-0.39, 0.29) is 28.5 Å². The summed E-state index contributed by atoms with van der Waals surface area (Å²) < 4.78 is 0. The molecule has 1 aliphatic carbocycles. The highest BCUT2D eigenvalue weighted by Gasteiger charge is 2.61. The smallest absolute Gasteiger partial charge is 0.252 e. The SMILES string of the molecule is CC(C)(C)c1ccc(N2c3cc(N4c5ccccc5C5(c6ccccc6)CCCCC45C)ccc3B3c4ccccc4N(c4ccccc4)c4cc(C(C)(C)C)cc2c43)cc1. The summed E-state index contributed by atoms with van der Waals surface area (Å²) in [5.74, 6) is 0. The molecule has 0 radical (unpaired) electrons. The molecule has 302 valence electrons. The Labute approximate surface area is 363 Å². The third kappa shape index (κ3) is 5.50. The summed E-state index contributed by atoms with van der Waals surface area (Å²) in [5.41, 5.74) is 19.3. The molecule has 3 aliphatic heterocycles. The first-order valence-electron chi connectivity index (χ1n) is 22.5. The van der Waals surface area contributed by atoms with E-state index in [0.717, 1.165) is 12.8 Å².